The average Bonchev–Trinajstić information content (AvgIpc) is 2.90. The van der Waals surface area contributed by atoms with Crippen molar-refractivity contribution in [1.82, 2.24) is 0 Å². The first-order chi connectivity index (χ1) is 13.5. The van der Waals surface area contributed by atoms with E-state index in [9.17, 15) is 43.2 Å². The third-order valence-corrected chi connectivity index (χ3v) is 7.41. The number of aliphatic hydroxyl groups excluding tert-OH is 1. The van der Waals surface area contributed by atoms with Gasteiger partial charge in [-0.3, -0.25) is 0 Å². The van der Waals surface area contributed by atoms with E-state index in [2.05, 4.69) is 23.9 Å². The predicted octanol–water partition coefficient (Wildman–Crippen LogP) is 3.52. The Kier molecular flexibility index (Phi) is 11.2. The third-order valence-electron chi connectivity index (χ3n) is 3.53. The molecule has 0 unspecified atom stereocenters. The van der Waals surface area contributed by atoms with E-state index >= 15 is 0 Å². The minimum absolute atomic E-state index is 0.261. The Hall–Kier alpha value is -0.970. The highest BCUT2D eigenvalue weighted by Crippen LogP contribution is 2.36. The lowest BCUT2D eigenvalue weighted by Crippen LogP contribution is -2.34. The minimum Gasteiger partial charge on any atom is -0.421 e. The van der Waals surface area contributed by atoms with Crippen molar-refractivity contribution in [1.29, 1.82) is 0 Å². The number of alkyl halides is 6. The van der Waals surface area contributed by atoms with Crippen LogP contribution in [0.3, 0.4) is 0 Å². The summed E-state index contributed by atoms with van der Waals surface area (Å²) in [5.74, 6) is 0. The predicted molar refractivity (Wildman–Crippen MR) is 97.5 cm³/mol. The van der Waals surface area contributed by atoms with Gasteiger partial charge in [-0.15, -0.1) is 0 Å². The van der Waals surface area contributed by atoms with Crippen molar-refractivity contribution in [3.8, 4) is 0 Å². The van der Waals surface area contributed by atoms with Gasteiger partial charge in [0.1, 0.15) is 6.54 Å². The summed E-state index contributed by atoms with van der Waals surface area (Å²) in [5, 5.41) is 8.90. The summed E-state index contributed by atoms with van der Waals surface area (Å²) in [6, 6.07) is 0. The maximum Gasteiger partial charge on any atom is 0.480 e. The number of sulfonamides is 2. The lowest BCUT2D eigenvalue weighted by atomic mass is 10.2. The van der Waals surface area contributed by atoms with Gasteiger partial charge in [0, 0.05) is 26.4 Å². The Labute approximate surface area is 174 Å². The second-order valence-corrected chi connectivity index (χ2v) is 10.2. The molecule has 178 valence electrons. The molecule has 0 fully saturated rings. The van der Waals surface area contributed by atoms with Crippen molar-refractivity contribution < 1.29 is 52.9 Å². The standard InChI is InChI=1S/C12H22NOS.C2F6NO4S2/c1-3-4-5-6-8-13-10-15-12(7-9-14)11(13)2;3-1(4,5)14(10,11)9-15(12,13)2(6,7)8/h10,14H,3-9H2,1-2H3;/q+1;-1. The maximum atomic E-state index is 11.4. The molecule has 1 rings (SSSR count). The molecule has 0 aliphatic carbocycles. The first-order valence-corrected chi connectivity index (χ1v) is 12.2. The van der Waals surface area contributed by atoms with E-state index < -0.39 is 31.1 Å². The molecular formula is C14H22F6N2O5S3. The van der Waals surface area contributed by atoms with E-state index in [4.69, 9.17) is 5.11 Å². The second-order valence-electron chi connectivity index (χ2n) is 5.88. The maximum absolute atomic E-state index is 11.4. The van der Waals surface area contributed by atoms with Crippen molar-refractivity contribution in [2.24, 2.45) is 0 Å². The summed E-state index contributed by atoms with van der Waals surface area (Å²) in [6.07, 6.45) is 6.04. The zero-order valence-corrected chi connectivity index (χ0v) is 18.4. The van der Waals surface area contributed by atoms with Gasteiger partial charge >= 0.3 is 11.0 Å². The molecule has 1 aromatic rings. The van der Waals surface area contributed by atoms with Crippen LogP contribution in [0.1, 0.15) is 43.2 Å². The molecule has 0 spiro atoms. The zero-order chi connectivity index (χ0) is 23.8. The minimum atomic E-state index is -6.72. The van der Waals surface area contributed by atoms with Crippen LogP contribution < -0.4 is 4.57 Å². The number of unbranched alkanes of at least 4 members (excludes halogenated alkanes) is 3. The quantitative estimate of drug-likeness (QED) is 0.312. The van der Waals surface area contributed by atoms with Crippen LogP contribution in [-0.2, 0) is 33.0 Å². The summed E-state index contributed by atoms with van der Waals surface area (Å²) < 4.78 is 112. The van der Waals surface area contributed by atoms with Crippen molar-refractivity contribution >= 4 is 31.4 Å². The van der Waals surface area contributed by atoms with Crippen molar-refractivity contribution in [3.63, 3.8) is 0 Å². The molecule has 0 saturated carbocycles. The molecule has 7 nitrogen and oxygen atoms in total. The topological polar surface area (TPSA) is 106 Å². The summed E-state index contributed by atoms with van der Waals surface area (Å²) >= 11 is 1.77. The van der Waals surface area contributed by atoms with Crippen LogP contribution in [0.4, 0.5) is 26.3 Å². The molecule has 0 radical (unpaired) electrons. The molecule has 0 aromatic carbocycles. The Morgan fingerprint density at radius 3 is 1.90 bits per heavy atom. The number of halogens is 6. The summed E-state index contributed by atoms with van der Waals surface area (Å²) in [6.45, 7) is 5.79. The Balaban J connectivity index is 0.000000561. The number of rotatable bonds is 9. The van der Waals surface area contributed by atoms with E-state index in [-0.39, 0.29) is 6.61 Å². The molecule has 1 heterocycles. The molecule has 0 bridgehead atoms. The lowest BCUT2D eigenvalue weighted by Gasteiger charge is -2.22. The first kappa shape index (κ1) is 29.0. The van der Waals surface area contributed by atoms with E-state index in [0.29, 0.717) is 0 Å². The highest BCUT2D eigenvalue weighted by Gasteiger charge is 2.46. The van der Waals surface area contributed by atoms with Crippen LogP contribution in [0.15, 0.2) is 5.51 Å². The number of aryl methyl sites for hydroxylation is 1. The Morgan fingerprint density at radius 2 is 1.50 bits per heavy atom. The SMILES string of the molecule is CCCCCC[n+]1csc(CCO)c1C.O=S(=O)([N-]S(=O)(=O)C(F)(F)F)C(F)(F)F. The molecule has 0 aliphatic heterocycles. The van der Waals surface area contributed by atoms with Gasteiger partial charge in [0.15, 0.2) is 25.7 Å². The first-order valence-electron chi connectivity index (χ1n) is 8.44. The molecule has 16 heteroatoms. The number of hydrogen-bond acceptors (Lipinski definition) is 6. The fourth-order valence-corrected chi connectivity index (χ4v) is 4.66. The third kappa shape index (κ3) is 9.03. The highest BCUT2D eigenvalue weighted by atomic mass is 32.3. The highest BCUT2D eigenvalue weighted by molar-refractivity contribution is 8.13. The van der Waals surface area contributed by atoms with Crippen LogP contribution >= 0.6 is 11.3 Å². The molecule has 30 heavy (non-hydrogen) atoms. The normalized spacial score (nSPS) is 13.1. The summed E-state index contributed by atoms with van der Waals surface area (Å²) in [5.41, 5.74) is -8.88. The second kappa shape index (κ2) is 11.6. The van der Waals surface area contributed by atoms with E-state index in [1.54, 1.807) is 11.3 Å². The Bertz CT molecular complexity index is 822. The largest absolute Gasteiger partial charge is 0.480 e. The number of nitrogens with zero attached hydrogens (tertiary/aromatic N) is 2. The molecular weight excluding hydrogens is 486 g/mol. The van der Waals surface area contributed by atoms with E-state index in [0.717, 1.165) is 17.1 Å². The zero-order valence-electron chi connectivity index (χ0n) is 16.0. The van der Waals surface area contributed by atoms with Crippen LogP contribution in [0.25, 0.3) is 4.13 Å². The molecule has 0 aliphatic rings. The Morgan fingerprint density at radius 1 is 1.00 bits per heavy atom. The number of thiazole rings is 1. The van der Waals surface area contributed by atoms with E-state index in [1.807, 2.05) is 0 Å². The van der Waals surface area contributed by atoms with Gasteiger partial charge < -0.3 is 9.23 Å². The summed E-state index contributed by atoms with van der Waals surface area (Å²) in [4.78, 5) is 1.33. The van der Waals surface area contributed by atoms with Crippen LogP contribution in [-0.4, -0.2) is 39.6 Å². The molecule has 0 saturated heterocycles. The van der Waals surface area contributed by atoms with Gasteiger partial charge in [-0.2, -0.15) is 30.9 Å². The fraction of sp³-hybridized carbons (Fsp3) is 0.786. The van der Waals surface area contributed by atoms with Crippen LogP contribution in [0.2, 0.25) is 0 Å². The van der Waals surface area contributed by atoms with E-state index in [1.165, 1.54) is 36.3 Å². The monoisotopic (exact) mass is 508 g/mol. The molecule has 0 amide bonds. The smallest absolute Gasteiger partial charge is 0.421 e. The van der Waals surface area contributed by atoms with Gasteiger partial charge in [0.2, 0.25) is 5.51 Å². The molecule has 0 atom stereocenters. The van der Waals surface area contributed by atoms with Gasteiger partial charge in [-0.25, -0.2) is 16.8 Å². The number of aliphatic hydroxyl groups is 1. The van der Waals surface area contributed by atoms with Gasteiger partial charge in [0.25, 0.3) is 0 Å². The summed E-state index contributed by atoms with van der Waals surface area (Å²) in [7, 11) is -13.4. The lowest BCUT2D eigenvalue weighted by molar-refractivity contribution is -0.698. The van der Waals surface area contributed by atoms with Gasteiger partial charge in [-0.05, 0) is 6.42 Å². The average molecular weight is 509 g/mol. The molecule has 1 N–H and O–H groups in total. The fourth-order valence-electron chi connectivity index (χ4n) is 1.94. The van der Waals surface area contributed by atoms with Gasteiger partial charge in [-0.1, -0.05) is 31.1 Å². The van der Waals surface area contributed by atoms with Gasteiger partial charge in [0.05, 0.1) is 4.88 Å². The van der Waals surface area contributed by atoms with Crippen LogP contribution in [0.5, 0.6) is 0 Å². The number of hydrogen-bond donors (Lipinski definition) is 1. The van der Waals surface area contributed by atoms with Crippen LogP contribution in [0, 0.1) is 6.92 Å². The van der Waals surface area contributed by atoms with Crippen molar-refractivity contribution in [2.45, 2.75) is 63.5 Å². The number of aromatic nitrogens is 1. The molecule has 1 aromatic heterocycles. The van der Waals surface area contributed by atoms with Crippen molar-refractivity contribution in [2.75, 3.05) is 6.61 Å². The van der Waals surface area contributed by atoms with Crippen molar-refractivity contribution in [3.05, 3.63) is 20.2 Å².